The van der Waals surface area contributed by atoms with Gasteiger partial charge in [0.15, 0.2) is 0 Å². The molecule has 0 aliphatic rings. The lowest BCUT2D eigenvalue weighted by atomic mass is 10.1. The number of alkyl halides is 2. The molecule has 0 amide bonds. The van der Waals surface area contributed by atoms with Crippen molar-refractivity contribution in [2.45, 2.75) is 20.0 Å². The summed E-state index contributed by atoms with van der Waals surface area (Å²) in [6.45, 7) is 2.11. The first kappa shape index (κ1) is 14.2. The van der Waals surface area contributed by atoms with Crippen LogP contribution in [0.15, 0.2) is 53.7 Å². The molecule has 2 nitrogen and oxygen atoms in total. The number of rotatable bonds is 5. The summed E-state index contributed by atoms with van der Waals surface area (Å²) in [5.41, 5.74) is 2.55. The Kier molecular flexibility index (Phi) is 4.82. The molecule has 0 aromatic heterocycles. The Hall–Kier alpha value is -2.23. The van der Waals surface area contributed by atoms with Crippen LogP contribution in [0.4, 0.5) is 8.78 Å². The average molecular weight is 274 g/mol. The molecule has 2 aromatic carbocycles. The fourth-order valence-electron chi connectivity index (χ4n) is 1.73. The molecule has 4 heteroatoms. The Morgan fingerprint density at radius 2 is 1.95 bits per heavy atom. The highest BCUT2D eigenvalue weighted by atomic mass is 19.3. The van der Waals surface area contributed by atoms with Gasteiger partial charge < -0.3 is 4.84 Å². The van der Waals surface area contributed by atoms with Gasteiger partial charge >= 0.3 is 0 Å². The third-order valence-corrected chi connectivity index (χ3v) is 2.69. The Balaban J connectivity index is 1.91. The van der Waals surface area contributed by atoms with Crippen molar-refractivity contribution in [3.05, 3.63) is 70.8 Å². The molecule has 20 heavy (non-hydrogen) atoms. The second-order valence-electron chi connectivity index (χ2n) is 4.39. The van der Waals surface area contributed by atoms with Gasteiger partial charge in [-0.2, -0.15) is 0 Å². The summed E-state index contributed by atoms with van der Waals surface area (Å²) in [7, 11) is 0. The molecule has 0 aliphatic heterocycles. The SMILES string of the molecule is Cc1cccc(/[C]=N\OCc2cccc(C(F)F)c2)c1. The van der Waals surface area contributed by atoms with Crippen molar-refractivity contribution in [2.24, 2.45) is 5.16 Å². The maximum atomic E-state index is 12.5. The van der Waals surface area contributed by atoms with Crippen molar-refractivity contribution < 1.29 is 13.6 Å². The summed E-state index contributed by atoms with van der Waals surface area (Å²) >= 11 is 0. The number of benzene rings is 2. The van der Waals surface area contributed by atoms with Crippen molar-refractivity contribution >= 4 is 6.21 Å². The maximum Gasteiger partial charge on any atom is 0.263 e. The summed E-state index contributed by atoms with van der Waals surface area (Å²) < 4.78 is 25.0. The fraction of sp³-hybridized carbons (Fsp3) is 0.188. The van der Waals surface area contributed by atoms with Gasteiger partial charge in [-0.05, 0) is 24.6 Å². The van der Waals surface area contributed by atoms with Crippen molar-refractivity contribution in [2.75, 3.05) is 0 Å². The van der Waals surface area contributed by atoms with E-state index in [1.165, 1.54) is 12.1 Å². The third-order valence-electron chi connectivity index (χ3n) is 2.69. The first-order valence-corrected chi connectivity index (χ1v) is 6.17. The molecule has 1 radical (unpaired) electrons. The zero-order valence-electron chi connectivity index (χ0n) is 11.0. The highest BCUT2D eigenvalue weighted by Gasteiger charge is 2.06. The van der Waals surface area contributed by atoms with Crippen LogP contribution >= 0.6 is 0 Å². The van der Waals surface area contributed by atoms with Crippen LogP contribution in [0.3, 0.4) is 0 Å². The van der Waals surface area contributed by atoms with Crippen LogP contribution in [0.25, 0.3) is 0 Å². The summed E-state index contributed by atoms with van der Waals surface area (Å²) in [5, 5.41) is 3.72. The minimum atomic E-state index is -2.47. The molecule has 0 aliphatic carbocycles. The normalized spacial score (nSPS) is 11.2. The first-order valence-electron chi connectivity index (χ1n) is 6.17. The van der Waals surface area contributed by atoms with Crippen LogP contribution in [0, 0.1) is 6.92 Å². The van der Waals surface area contributed by atoms with Gasteiger partial charge in [0.25, 0.3) is 6.43 Å². The van der Waals surface area contributed by atoms with E-state index in [0.29, 0.717) is 5.56 Å². The van der Waals surface area contributed by atoms with Crippen LogP contribution in [0.1, 0.15) is 28.7 Å². The third kappa shape index (κ3) is 4.16. The number of aryl methyl sites for hydroxylation is 1. The van der Waals surface area contributed by atoms with Gasteiger partial charge in [0, 0.05) is 11.1 Å². The van der Waals surface area contributed by atoms with E-state index in [2.05, 4.69) is 11.4 Å². The minimum absolute atomic E-state index is 0.0160. The van der Waals surface area contributed by atoms with Crippen LogP contribution in [-0.4, -0.2) is 6.21 Å². The topological polar surface area (TPSA) is 21.6 Å². The van der Waals surface area contributed by atoms with E-state index >= 15 is 0 Å². The van der Waals surface area contributed by atoms with Crippen molar-refractivity contribution in [3.63, 3.8) is 0 Å². The molecular formula is C16H14F2NO. The molecule has 0 atom stereocenters. The quantitative estimate of drug-likeness (QED) is 0.586. The van der Waals surface area contributed by atoms with Crippen molar-refractivity contribution in [1.82, 2.24) is 0 Å². The molecular weight excluding hydrogens is 260 g/mol. The largest absolute Gasteiger partial charge is 0.390 e. The Bertz CT molecular complexity index is 597. The number of hydrogen-bond donors (Lipinski definition) is 0. The van der Waals surface area contributed by atoms with Crippen molar-refractivity contribution in [3.8, 4) is 0 Å². The molecule has 2 aromatic rings. The van der Waals surface area contributed by atoms with Gasteiger partial charge in [-0.1, -0.05) is 47.1 Å². The van der Waals surface area contributed by atoms with Gasteiger partial charge in [-0.3, -0.25) is 0 Å². The number of nitrogens with zero attached hydrogens (tertiary/aromatic N) is 1. The van der Waals surface area contributed by atoms with E-state index in [0.717, 1.165) is 11.1 Å². The predicted molar refractivity (Wildman–Crippen MR) is 73.9 cm³/mol. The minimum Gasteiger partial charge on any atom is -0.390 e. The number of halogens is 2. The lowest BCUT2D eigenvalue weighted by molar-refractivity contribution is 0.130. The Morgan fingerprint density at radius 3 is 2.70 bits per heavy atom. The molecule has 0 spiro atoms. The van der Waals surface area contributed by atoms with Crippen LogP contribution in [0.2, 0.25) is 0 Å². The van der Waals surface area contributed by atoms with Gasteiger partial charge in [0.05, 0.1) is 0 Å². The Labute approximate surface area is 116 Å². The highest BCUT2D eigenvalue weighted by molar-refractivity contribution is 5.79. The fourth-order valence-corrected chi connectivity index (χ4v) is 1.73. The number of hydrogen-bond acceptors (Lipinski definition) is 2. The maximum absolute atomic E-state index is 12.5. The molecule has 2 rings (SSSR count). The van der Waals surface area contributed by atoms with Crippen LogP contribution < -0.4 is 0 Å². The highest BCUT2D eigenvalue weighted by Crippen LogP contribution is 2.19. The average Bonchev–Trinajstić information content (AvgIpc) is 2.44. The zero-order valence-corrected chi connectivity index (χ0v) is 11.0. The molecule has 0 saturated heterocycles. The van der Waals surface area contributed by atoms with Crippen molar-refractivity contribution in [1.29, 1.82) is 0 Å². The standard InChI is InChI=1S/C16H14F2NO/c1-12-4-2-5-13(8-12)10-19-20-11-14-6-3-7-15(9-14)16(17)18/h2-9,16H,11H2,1H3. The monoisotopic (exact) mass is 274 g/mol. The molecule has 0 fully saturated rings. The zero-order chi connectivity index (χ0) is 14.4. The van der Waals surface area contributed by atoms with Crippen LogP contribution in [-0.2, 0) is 11.4 Å². The van der Waals surface area contributed by atoms with Gasteiger partial charge in [0.1, 0.15) is 12.8 Å². The molecule has 0 heterocycles. The van der Waals surface area contributed by atoms with E-state index in [4.69, 9.17) is 4.84 Å². The van der Waals surface area contributed by atoms with E-state index < -0.39 is 6.43 Å². The first-order chi connectivity index (χ1) is 9.65. The molecule has 0 N–H and O–H groups in total. The van der Waals surface area contributed by atoms with E-state index in [1.807, 2.05) is 31.2 Å². The molecule has 0 bridgehead atoms. The molecule has 0 unspecified atom stereocenters. The lowest BCUT2D eigenvalue weighted by Gasteiger charge is -2.03. The summed E-state index contributed by atoms with van der Waals surface area (Å²) in [6.07, 6.45) is 0.273. The smallest absolute Gasteiger partial charge is 0.263 e. The molecule has 0 saturated carbocycles. The molecule has 103 valence electrons. The lowest BCUT2D eigenvalue weighted by Crippen LogP contribution is -1.91. The summed E-state index contributed by atoms with van der Waals surface area (Å²) in [5.74, 6) is 0. The predicted octanol–water partition coefficient (Wildman–Crippen LogP) is 4.36. The Morgan fingerprint density at radius 1 is 1.15 bits per heavy atom. The van der Waals surface area contributed by atoms with Crippen LogP contribution in [0.5, 0.6) is 0 Å². The van der Waals surface area contributed by atoms with Gasteiger partial charge in [0.2, 0.25) is 0 Å². The second kappa shape index (κ2) is 6.80. The van der Waals surface area contributed by atoms with E-state index in [-0.39, 0.29) is 12.2 Å². The summed E-state index contributed by atoms with van der Waals surface area (Å²) in [4.78, 5) is 5.07. The van der Waals surface area contributed by atoms with Gasteiger partial charge in [-0.15, -0.1) is 0 Å². The summed E-state index contributed by atoms with van der Waals surface area (Å²) in [6, 6.07) is 13.7. The van der Waals surface area contributed by atoms with E-state index in [9.17, 15) is 8.78 Å². The van der Waals surface area contributed by atoms with E-state index in [1.54, 1.807) is 12.1 Å². The van der Waals surface area contributed by atoms with Gasteiger partial charge in [-0.25, -0.2) is 8.78 Å². The second-order valence-corrected chi connectivity index (χ2v) is 4.39.